The van der Waals surface area contributed by atoms with Crippen LogP contribution in [0.25, 0.3) is 0 Å². The van der Waals surface area contributed by atoms with Crippen LogP contribution < -0.4 is 11.0 Å². The highest BCUT2D eigenvalue weighted by molar-refractivity contribution is 7.99. The summed E-state index contributed by atoms with van der Waals surface area (Å²) < 4.78 is 13.2. The Morgan fingerprint density at radius 3 is 2.85 bits per heavy atom. The zero-order valence-electron chi connectivity index (χ0n) is 11.7. The number of aromatic amines is 1. The number of rotatable bonds is 3. The lowest BCUT2D eigenvalue weighted by Gasteiger charge is -2.40. The first kappa shape index (κ1) is 14.1. The molecular formula is C12H20N4O3S. The summed E-state index contributed by atoms with van der Waals surface area (Å²) in [5.41, 5.74) is -0.188. The van der Waals surface area contributed by atoms with Gasteiger partial charge in [0.25, 0.3) is 0 Å². The fourth-order valence-electron chi connectivity index (χ4n) is 2.90. The van der Waals surface area contributed by atoms with Crippen molar-refractivity contribution in [1.29, 1.82) is 0 Å². The predicted molar refractivity (Wildman–Crippen MR) is 74.8 cm³/mol. The van der Waals surface area contributed by atoms with Crippen LogP contribution in [-0.4, -0.2) is 52.1 Å². The Morgan fingerprint density at radius 2 is 2.25 bits per heavy atom. The van der Waals surface area contributed by atoms with Crippen molar-refractivity contribution in [3.8, 4) is 0 Å². The topological polar surface area (TPSA) is 81.2 Å². The molecule has 1 spiro atoms. The zero-order chi connectivity index (χ0) is 14.2. The molecule has 0 amide bonds. The third-order valence-electron chi connectivity index (χ3n) is 4.08. The predicted octanol–water partition coefficient (Wildman–Crippen LogP) is 0.0841. The average Bonchev–Trinajstić information content (AvgIpc) is 3.02. The van der Waals surface area contributed by atoms with Gasteiger partial charge in [-0.05, 0) is 13.5 Å². The molecule has 112 valence electrons. The van der Waals surface area contributed by atoms with Crippen molar-refractivity contribution in [2.45, 2.75) is 41.5 Å². The Kier molecular flexibility index (Phi) is 3.89. The lowest BCUT2D eigenvalue weighted by Crippen LogP contribution is -2.48. The third kappa shape index (κ3) is 2.52. The van der Waals surface area contributed by atoms with Gasteiger partial charge in [-0.2, -0.15) is 0 Å². The monoisotopic (exact) mass is 300 g/mol. The van der Waals surface area contributed by atoms with Gasteiger partial charge in [0.1, 0.15) is 0 Å². The van der Waals surface area contributed by atoms with Crippen molar-refractivity contribution in [3.05, 3.63) is 10.5 Å². The summed E-state index contributed by atoms with van der Waals surface area (Å²) in [7, 11) is 3.69. The molecule has 1 aliphatic carbocycles. The molecular weight excluding hydrogens is 280 g/mol. The maximum Gasteiger partial charge on any atom is 0.343 e. The molecule has 0 radical (unpaired) electrons. The van der Waals surface area contributed by atoms with Crippen LogP contribution in [0.2, 0.25) is 0 Å². The van der Waals surface area contributed by atoms with Gasteiger partial charge in [0.05, 0.1) is 13.2 Å². The highest BCUT2D eigenvalue weighted by atomic mass is 32.2. The third-order valence-corrected chi connectivity index (χ3v) is 5.45. The molecule has 7 nitrogen and oxygen atoms in total. The molecule has 2 aliphatic rings. The van der Waals surface area contributed by atoms with E-state index in [1.807, 2.05) is 7.05 Å². The van der Waals surface area contributed by atoms with Crippen molar-refractivity contribution in [2.24, 2.45) is 7.05 Å². The number of H-pyrrole nitrogens is 1. The van der Waals surface area contributed by atoms with Crippen LogP contribution in [-0.2, 0) is 16.5 Å². The molecule has 2 heterocycles. The lowest BCUT2D eigenvalue weighted by molar-refractivity contribution is -0.177. The van der Waals surface area contributed by atoms with E-state index < -0.39 is 5.79 Å². The molecule has 1 saturated carbocycles. The number of ether oxygens (including phenoxy) is 2. The molecule has 8 heteroatoms. The standard InChI is InChI=1S/C12H20N4O3S/c1-13-8-3-4-12(18-5-6-19-12)7-9(8)20-11-15-14-10(17)16(11)2/h8-9,13H,3-7H2,1-2H3,(H,14,17). The number of aromatic nitrogens is 3. The number of nitrogens with one attached hydrogen (secondary N) is 2. The van der Waals surface area contributed by atoms with E-state index in [0.29, 0.717) is 24.4 Å². The molecule has 2 unspecified atom stereocenters. The molecule has 3 rings (SSSR count). The first-order chi connectivity index (χ1) is 9.63. The molecule has 1 aliphatic heterocycles. The van der Waals surface area contributed by atoms with E-state index >= 15 is 0 Å². The summed E-state index contributed by atoms with van der Waals surface area (Å²) in [6, 6.07) is 0.366. The quantitative estimate of drug-likeness (QED) is 0.823. The summed E-state index contributed by atoms with van der Waals surface area (Å²) in [5.74, 6) is -0.430. The van der Waals surface area contributed by atoms with E-state index in [1.54, 1.807) is 18.8 Å². The average molecular weight is 300 g/mol. The Morgan fingerprint density at radius 1 is 1.50 bits per heavy atom. The summed E-state index contributed by atoms with van der Waals surface area (Å²) in [6.45, 7) is 1.34. The minimum Gasteiger partial charge on any atom is -0.347 e. The minimum absolute atomic E-state index is 0.188. The zero-order valence-corrected chi connectivity index (χ0v) is 12.5. The van der Waals surface area contributed by atoms with E-state index in [9.17, 15) is 4.79 Å². The second-order valence-corrected chi connectivity index (χ2v) is 6.48. The van der Waals surface area contributed by atoms with Gasteiger partial charge in [-0.1, -0.05) is 11.8 Å². The van der Waals surface area contributed by atoms with Crippen molar-refractivity contribution in [1.82, 2.24) is 20.1 Å². The molecule has 0 aromatic carbocycles. The van der Waals surface area contributed by atoms with E-state index in [1.165, 1.54) is 4.57 Å². The van der Waals surface area contributed by atoms with E-state index in [4.69, 9.17) is 9.47 Å². The fraction of sp³-hybridized carbons (Fsp3) is 0.833. The first-order valence-electron chi connectivity index (χ1n) is 6.87. The smallest absolute Gasteiger partial charge is 0.343 e. The van der Waals surface area contributed by atoms with Crippen molar-refractivity contribution in [2.75, 3.05) is 20.3 Å². The largest absolute Gasteiger partial charge is 0.347 e. The molecule has 2 fully saturated rings. The van der Waals surface area contributed by atoms with Crippen LogP contribution in [0.15, 0.2) is 9.95 Å². The Balaban J connectivity index is 1.77. The van der Waals surface area contributed by atoms with Gasteiger partial charge in [0.2, 0.25) is 0 Å². The van der Waals surface area contributed by atoms with Crippen LogP contribution >= 0.6 is 11.8 Å². The van der Waals surface area contributed by atoms with Crippen LogP contribution in [0.3, 0.4) is 0 Å². The van der Waals surface area contributed by atoms with E-state index in [0.717, 1.165) is 19.3 Å². The highest BCUT2D eigenvalue weighted by Crippen LogP contribution is 2.41. The number of hydrogen-bond donors (Lipinski definition) is 2. The van der Waals surface area contributed by atoms with Crippen molar-refractivity contribution >= 4 is 11.8 Å². The Hall–Kier alpha value is -0.830. The maximum atomic E-state index is 11.4. The van der Waals surface area contributed by atoms with Gasteiger partial charge in [-0.25, -0.2) is 9.89 Å². The fourth-order valence-corrected chi connectivity index (χ4v) is 4.28. The summed E-state index contributed by atoms with van der Waals surface area (Å²) in [5, 5.41) is 10.9. The second-order valence-electron chi connectivity index (χ2n) is 5.27. The Bertz CT molecular complexity index is 523. The van der Waals surface area contributed by atoms with Gasteiger partial charge in [0.15, 0.2) is 10.9 Å². The molecule has 1 saturated heterocycles. The van der Waals surface area contributed by atoms with Crippen LogP contribution in [0.1, 0.15) is 19.3 Å². The molecule has 0 bridgehead atoms. The molecule has 1 aromatic heterocycles. The SMILES string of the molecule is CNC1CCC2(CC1Sc1n[nH]c(=O)n1C)OCCO2. The van der Waals surface area contributed by atoms with Gasteiger partial charge in [-0.3, -0.25) is 4.57 Å². The number of thioether (sulfide) groups is 1. The van der Waals surface area contributed by atoms with E-state index in [-0.39, 0.29) is 10.9 Å². The molecule has 2 N–H and O–H groups in total. The number of hydrogen-bond acceptors (Lipinski definition) is 6. The minimum atomic E-state index is -0.430. The normalized spacial score (nSPS) is 29.1. The molecule has 2 atom stereocenters. The summed E-state index contributed by atoms with van der Waals surface area (Å²) in [6.07, 6.45) is 2.71. The second kappa shape index (κ2) is 5.51. The van der Waals surface area contributed by atoms with Crippen LogP contribution in [0, 0.1) is 0 Å². The summed E-state index contributed by atoms with van der Waals surface area (Å²) in [4.78, 5) is 11.4. The van der Waals surface area contributed by atoms with Crippen LogP contribution in [0.5, 0.6) is 0 Å². The van der Waals surface area contributed by atoms with Crippen LogP contribution in [0.4, 0.5) is 0 Å². The highest BCUT2D eigenvalue weighted by Gasteiger charge is 2.45. The van der Waals surface area contributed by atoms with Gasteiger partial charge in [0, 0.05) is 31.2 Å². The van der Waals surface area contributed by atoms with Gasteiger partial charge >= 0.3 is 5.69 Å². The molecule has 20 heavy (non-hydrogen) atoms. The van der Waals surface area contributed by atoms with E-state index in [2.05, 4.69) is 15.5 Å². The lowest BCUT2D eigenvalue weighted by atomic mass is 9.89. The van der Waals surface area contributed by atoms with Gasteiger partial charge in [-0.15, -0.1) is 5.10 Å². The number of nitrogens with zero attached hydrogens (tertiary/aromatic N) is 2. The van der Waals surface area contributed by atoms with Crippen molar-refractivity contribution < 1.29 is 9.47 Å². The maximum absolute atomic E-state index is 11.4. The first-order valence-corrected chi connectivity index (χ1v) is 7.75. The van der Waals surface area contributed by atoms with Crippen molar-refractivity contribution in [3.63, 3.8) is 0 Å². The van der Waals surface area contributed by atoms with Gasteiger partial charge < -0.3 is 14.8 Å². The molecule has 1 aromatic rings. The Labute approximate surface area is 121 Å². The summed E-state index contributed by atoms with van der Waals surface area (Å²) >= 11 is 1.60.